The zero-order chi connectivity index (χ0) is 10.6. The largest absolute Gasteiger partial charge is 0.327 e. The normalized spacial score (nSPS) is 13.2. The number of rotatable bonds is 4. The molecule has 1 rings (SSSR count). The van der Waals surface area contributed by atoms with Crippen LogP contribution in [0.4, 0.5) is 0 Å². The Bertz CT molecular complexity index is 266. The van der Waals surface area contributed by atoms with Crippen molar-refractivity contribution < 1.29 is 0 Å². The highest BCUT2D eigenvalue weighted by molar-refractivity contribution is 5.02. The van der Waals surface area contributed by atoms with Crippen LogP contribution in [-0.4, -0.2) is 16.0 Å². The Hall–Kier alpha value is -0.960. The van der Waals surface area contributed by atoms with Crippen LogP contribution in [0, 0.1) is 12.8 Å². The van der Waals surface area contributed by atoms with Gasteiger partial charge in [0.15, 0.2) is 0 Å². The van der Waals surface area contributed by atoms with Crippen LogP contribution in [0.3, 0.4) is 0 Å². The molecule has 1 heterocycles. The van der Waals surface area contributed by atoms with Crippen molar-refractivity contribution in [3.05, 3.63) is 23.8 Å². The zero-order valence-corrected chi connectivity index (χ0v) is 9.20. The average molecular weight is 193 g/mol. The number of nitrogens with zero attached hydrogens (tertiary/aromatic N) is 2. The molecular formula is C11H19N3. The fourth-order valence-corrected chi connectivity index (χ4v) is 1.45. The first-order chi connectivity index (χ1) is 6.58. The number of hydrogen-bond donors (Lipinski definition) is 1. The Kier molecular flexibility index (Phi) is 4.01. The second-order valence-corrected chi connectivity index (χ2v) is 4.27. The second-order valence-electron chi connectivity index (χ2n) is 4.27. The van der Waals surface area contributed by atoms with Crippen LogP contribution in [0.1, 0.15) is 31.7 Å². The standard InChI is InChI=1S/C11H19N3/c1-8(2)4-10(12)5-11-13-6-9(3)7-14-11/h6-8,10H,4-5,12H2,1-3H3. The van der Waals surface area contributed by atoms with E-state index < -0.39 is 0 Å². The molecule has 0 aromatic carbocycles. The number of hydrogen-bond acceptors (Lipinski definition) is 3. The van der Waals surface area contributed by atoms with Crippen molar-refractivity contribution in [2.24, 2.45) is 11.7 Å². The smallest absolute Gasteiger partial charge is 0.129 e. The summed E-state index contributed by atoms with van der Waals surface area (Å²) in [5, 5.41) is 0. The molecule has 0 aliphatic carbocycles. The third kappa shape index (κ3) is 3.83. The van der Waals surface area contributed by atoms with Crippen molar-refractivity contribution in [3.8, 4) is 0 Å². The van der Waals surface area contributed by atoms with Gasteiger partial charge in [-0.25, -0.2) is 9.97 Å². The van der Waals surface area contributed by atoms with Crippen molar-refractivity contribution in [2.45, 2.75) is 39.7 Å². The van der Waals surface area contributed by atoms with Gasteiger partial charge in [0.1, 0.15) is 5.82 Å². The van der Waals surface area contributed by atoms with Gasteiger partial charge in [0, 0.05) is 24.9 Å². The van der Waals surface area contributed by atoms with Gasteiger partial charge in [-0.1, -0.05) is 13.8 Å². The summed E-state index contributed by atoms with van der Waals surface area (Å²) in [7, 11) is 0. The third-order valence-electron chi connectivity index (χ3n) is 2.05. The van der Waals surface area contributed by atoms with E-state index in [0.717, 1.165) is 24.2 Å². The van der Waals surface area contributed by atoms with Crippen molar-refractivity contribution in [3.63, 3.8) is 0 Å². The fraction of sp³-hybridized carbons (Fsp3) is 0.636. The van der Waals surface area contributed by atoms with E-state index in [9.17, 15) is 0 Å². The predicted molar refractivity (Wildman–Crippen MR) is 57.9 cm³/mol. The summed E-state index contributed by atoms with van der Waals surface area (Å²) in [6.45, 7) is 6.34. The summed E-state index contributed by atoms with van der Waals surface area (Å²) in [6.07, 6.45) is 5.48. The maximum Gasteiger partial charge on any atom is 0.129 e. The number of aromatic nitrogens is 2. The minimum Gasteiger partial charge on any atom is -0.327 e. The Morgan fingerprint density at radius 2 is 1.86 bits per heavy atom. The van der Waals surface area contributed by atoms with E-state index in [1.54, 1.807) is 0 Å². The molecule has 1 aromatic rings. The van der Waals surface area contributed by atoms with Crippen molar-refractivity contribution >= 4 is 0 Å². The molecule has 2 N–H and O–H groups in total. The second kappa shape index (κ2) is 5.05. The van der Waals surface area contributed by atoms with Crippen LogP contribution < -0.4 is 5.73 Å². The van der Waals surface area contributed by atoms with E-state index in [1.807, 2.05) is 19.3 Å². The summed E-state index contributed by atoms with van der Waals surface area (Å²) < 4.78 is 0. The minimum absolute atomic E-state index is 0.178. The average Bonchev–Trinajstić information content (AvgIpc) is 2.07. The highest BCUT2D eigenvalue weighted by Crippen LogP contribution is 2.06. The molecule has 0 radical (unpaired) electrons. The van der Waals surface area contributed by atoms with Gasteiger partial charge in [0.2, 0.25) is 0 Å². The molecule has 14 heavy (non-hydrogen) atoms. The van der Waals surface area contributed by atoms with E-state index in [-0.39, 0.29) is 6.04 Å². The van der Waals surface area contributed by atoms with Crippen LogP contribution in [0.2, 0.25) is 0 Å². The Morgan fingerprint density at radius 3 is 2.36 bits per heavy atom. The minimum atomic E-state index is 0.178. The summed E-state index contributed by atoms with van der Waals surface area (Å²) in [5.41, 5.74) is 7.05. The molecule has 0 saturated heterocycles. The molecule has 0 amide bonds. The van der Waals surface area contributed by atoms with Gasteiger partial charge in [0.05, 0.1) is 0 Å². The first kappa shape index (κ1) is 11.1. The lowest BCUT2D eigenvalue weighted by Gasteiger charge is -2.12. The summed E-state index contributed by atoms with van der Waals surface area (Å²) in [4.78, 5) is 8.47. The lowest BCUT2D eigenvalue weighted by atomic mass is 10.0. The van der Waals surface area contributed by atoms with Gasteiger partial charge in [-0.3, -0.25) is 0 Å². The third-order valence-corrected chi connectivity index (χ3v) is 2.05. The molecule has 0 aliphatic heterocycles. The molecule has 1 unspecified atom stereocenters. The van der Waals surface area contributed by atoms with Crippen molar-refractivity contribution in [1.82, 2.24) is 9.97 Å². The molecule has 0 fully saturated rings. The highest BCUT2D eigenvalue weighted by atomic mass is 14.9. The van der Waals surface area contributed by atoms with Crippen LogP contribution in [0.15, 0.2) is 12.4 Å². The quantitative estimate of drug-likeness (QED) is 0.791. The summed E-state index contributed by atoms with van der Waals surface area (Å²) in [6, 6.07) is 0.178. The molecule has 78 valence electrons. The lowest BCUT2D eigenvalue weighted by molar-refractivity contribution is 0.486. The maximum atomic E-state index is 5.96. The Labute approximate surface area is 85.8 Å². The number of aryl methyl sites for hydroxylation is 1. The first-order valence-corrected chi connectivity index (χ1v) is 5.11. The zero-order valence-electron chi connectivity index (χ0n) is 9.20. The molecule has 0 saturated carbocycles. The van der Waals surface area contributed by atoms with E-state index >= 15 is 0 Å². The van der Waals surface area contributed by atoms with Gasteiger partial charge < -0.3 is 5.73 Å². The lowest BCUT2D eigenvalue weighted by Crippen LogP contribution is -2.25. The molecule has 1 atom stereocenters. The Balaban J connectivity index is 2.47. The molecular weight excluding hydrogens is 174 g/mol. The predicted octanol–water partition coefficient (Wildman–Crippen LogP) is 1.70. The fourth-order valence-electron chi connectivity index (χ4n) is 1.45. The van der Waals surface area contributed by atoms with Gasteiger partial charge >= 0.3 is 0 Å². The SMILES string of the molecule is Cc1cnc(CC(N)CC(C)C)nc1. The van der Waals surface area contributed by atoms with E-state index in [4.69, 9.17) is 5.73 Å². The molecule has 0 aliphatic rings. The van der Waals surface area contributed by atoms with E-state index in [2.05, 4.69) is 23.8 Å². The van der Waals surface area contributed by atoms with Crippen LogP contribution >= 0.6 is 0 Å². The molecule has 3 heteroatoms. The van der Waals surface area contributed by atoms with Crippen LogP contribution in [0.25, 0.3) is 0 Å². The molecule has 0 spiro atoms. The summed E-state index contributed by atoms with van der Waals surface area (Å²) >= 11 is 0. The van der Waals surface area contributed by atoms with Gasteiger partial charge in [-0.05, 0) is 24.8 Å². The first-order valence-electron chi connectivity index (χ1n) is 5.11. The van der Waals surface area contributed by atoms with Gasteiger partial charge in [-0.15, -0.1) is 0 Å². The van der Waals surface area contributed by atoms with Crippen LogP contribution in [-0.2, 0) is 6.42 Å². The highest BCUT2D eigenvalue weighted by Gasteiger charge is 2.07. The monoisotopic (exact) mass is 193 g/mol. The molecule has 3 nitrogen and oxygen atoms in total. The Morgan fingerprint density at radius 1 is 1.29 bits per heavy atom. The maximum absolute atomic E-state index is 5.96. The van der Waals surface area contributed by atoms with E-state index in [1.165, 1.54) is 0 Å². The van der Waals surface area contributed by atoms with Gasteiger partial charge in [-0.2, -0.15) is 0 Å². The number of nitrogens with two attached hydrogens (primary N) is 1. The van der Waals surface area contributed by atoms with Crippen LogP contribution in [0.5, 0.6) is 0 Å². The molecule has 1 aromatic heterocycles. The topological polar surface area (TPSA) is 51.8 Å². The molecule has 0 bridgehead atoms. The van der Waals surface area contributed by atoms with Crippen molar-refractivity contribution in [2.75, 3.05) is 0 Å². The summed E-state index contributed by atoms with van der Waals surface area (Å²) in [5.74, 6) is 1.49. The van der Waals surface area contributed by atoms with E-state index in [0.29, 0.717) is 5.92 Å². The van der Waals surface area contributed by atoms with Crippen molar-refractivity contribution in [1.29, 1.82) is 0 Å². The van der Waals surface area contributed by atoms with Gasteiger partial charge in [0.25, 0.3) is 0 Å².